The number of benzene rings is 1. The maximum atomic E-state index is 11.5. The average molecular weight is 266 g/mol. The summed E-state index contributed by atoms with van der Waals surface area (Å²) >= 11 is 0. The van der Waals surface area contributed by atoms with Crippen LogP contribution in [0, 0.1) is 0 Å². The second kappa shape index (κ2) is 8.10. The summed E-state index contributed by atoms with van der Waals surface area (Å²) in [5.41, 5.74) is 1.09. The third-order valence-corrected chi connectivity index (χ3v) is 2.56. The summed E-state index contributed by atoms with van der Waals surface area (Å²) in [6.45, 7) is 0.128. The number of aliphatic hydroxyl groups is 1. The molecule has 6 heteroatoms. The molecule has 0 aliphatic carbocycles. The zero-order chi connectivity index (χ0) is 14.1. The van der Waals surface area contributed by atoms with Crippen molar-refractivity contribution in [2.75, 3.05) is 13.2 Å². The predicted molar refractivity (Wildman–Crippen MR) is 69.8 cm³/mol. The van der Waals surface area contributed by atoms with E-state index in [1.807, 2.05) is 30.3 Å². The number of carbonyl (C=O) groups excluding carboxylic acids is 1. The first kappa shape index (κ1) is 15.0. The van der Waals surface area contributed by atoms with Crippen molar-refractivity contribution in [3.05, 3.63) is 35.9 Å². The largest absolute Gasteiger partial charge is 0.480 e. The Morgan fingerprint density at radius 1 is 1.21 bits per heavy atom. The van der Waals surface area contributed by atoms with Crippen LogP contribution in [0.2, 0.25) is 0 Å². The van der Waals surface area contributed by atoms with Crippen molar-refractivity contribution in [2.45, 2.75) is 18.9 Å². The molecule has 1 unspecified atom stereocenters. The Hall–Kier alpha value is -2.08. The molecule has 1 aromatic carbocycles. The summed E-state index contributed by atoms with van der Waals surface area (Å²) < 4.78 is 0. The fourth-order valence-electron chi connectivity index (χ4n) is 1.56. The van der Waals surface area contributed by atoms with Crippen molar-refractivity contribution < 1.29 is 19.8 Å². The van der Waals surface area contributed by atoms with Gasteiger partial charge in [-0.15, -0.1) is 0 Å². The van der Waals surface area contributed by atoms with E-state index in [0.717, 1.165) is 5.56 Å². The highest BCUT2D eigenvalue weighted by Gasteiger charge is 2.18. The number of urea groups is 1. The molecule has 0 saturated carbocycles. The molecule has 4 N–H and O–H groups in total. The Balaban J connectivity index is 2.29. The predicted octanol–water partition coefficient (Wildman–Crippen LogP) is 0.364. The molecule has 0 aliphatic heterocycles. The third-order valence-electron chi connectivity index (χ3n) is 2.56. The summed E-state index contributed by atoms with van der Waals surface area (Å²) in [7, 11) is 0. The van der Waals surface area contributed by atoms with E-state index >= 15 is 0 Å². The molecular formula is C13H18N2O4. The van der Waals surface area contributed by atoms with Gasteiger partial charge in [0.1, 0.15) is 6.04 Å². The molecule has 0 spiro atoms. The second-order valence-corrected chi connectivity index (χ2v) is 4.04. The van der Waals surface area contributed by atoms with Crippen molar-refractivity contribution >= 4 is 12.0 Å². The van der Waals surface area contributed by atoms with Crippen LogP contribution in [0.4, 0.5) is 4.79 Å². The van der Waals surface area contributed by atoms with Crippen LogP contribution in [-0.4, -0.2) is 41.4 Å². The van der Waals surface area contributed by atoms with Crippen LogP contribution in [0.1, 0.15) is 12.0 Å². The normalized spacial score (nSPS) is 11.6. The number of carboxylic acid groups (broad SMARTS) is 1. The van der Waals surface area contributed by atoms with E-state index in [4.69, 9.17) is 10.2 Å². The minimum absolute atomic E-state index is 0.0125. The Labute approximate surface area is 111 Å². The summed E-state index contributed by atoms with van der Waals surface area (Å²) in [5.74, 6) is -1.16. The van der Waals surface area contributed by atoms with E-state index in [-0.39, 0.29) is 13.0 Å². The number of hydrogen-bond acceptors (Lipinski definition) is 3. The SMILES string of the molecule is O=C(NCCc1ccccc1)NC(CCO)C(=O)O. The van der Waals surface area contributed by atoms with Gasteiger partial charge in [0.25, 0.3) is 0 Å². The molecule has 0 saturated heterocycles. The monoisotopic (exact) mass is 266 g/mol. The maximum absolute atomic E-state index is 11.5. The van der Waals surface area contributed by atoms with E-state index in [0.29, 0.717) is 13.0 Å². The van der Waals surface area contributed by atoms with Gasteiger partial charge in [0.15, 0.2) is 0 Å². The highest BCUT2D eigenvalue weighted by atomic mass is 16.4. The number of nitrogens with one attached hydrogen (secondary N) is 2. The minimum atomic E-state index is -1.16. The molecule has 104 valence electrons. The van der Waals surface area contributed by atoms with Gasteiger partial charge >= 0.3 is 12.0 Å². The number of rotatable bonds is 7. The maximum Gasteiger partial charge on any atom is 0.326 e. The molecule has 1 rings (SSSR count). The highest BCUT2D eigenvalue weighted by Crippen LogP contribution is 1.98. The number of carboxylic acids is 1. The van der Waals surface area contributed by atoms with Crippen LogP contribution in [-0.2, 0) is 11.2 Å². The number of aliphatic hydroxyl groups excluding tert-OH is 1. The molecule has 6 nitrogen and oxygen atoms in total. The van der Waals surface area contributed by atoms with Crippen molar-refractivity contribution in [3.63, 3.8) is 0 Å². The number of aliphatic carboxylic acids is 1. The molecule has 19 heavy (non-hydrogen) atoms. The highest BCUT2D eigenvalue weighted by molar-refractivity contribution is 5.82. The third kappa shape index (κ3) is 5.87. The molecule has 2 amide bonds. The van der Waals surface area contributed by atoms with Crippen molar-refractivity contribution in [1.82, 2.24) is 10.6 Å². The quantitative estimate of drug-likeness (QED) is 0.573. The molecular weight excluding hydrogens is 248 g/mol. The van der Waals surface area contributed by atoms with E-state index in [9.17, 15) is 9.59 Å². The zero-order valence-electron chi connectivity index (χ0n) is 10.5. The van der Waals surface area contributed by atoms with Crippen LogP contribution in [0.5, 0.6) is 0 Å². The van der Waals surface area contributed by atoms with E-state index in [1.165, 1.54) is 0 Å². The second-order valence-electron chi connectivity index (χ2n) is 4.04. The Kier molecular flexibility index (Phi) is 6.38. The van der Waals surface area contributed by atoms with Crippen LogP contribution in [0.3, 0.4) is 0 Å². The lowest BCUT2D eigenvalue weighted by atomic mass is 10.1. The fraction of sp³-hybridized carbons (Fsp3) is 0.385. The molecule has 0 bridgehead atoms. The molecule has 0 fully saturated rings. The van der Waals surface area contributed by atoms with Gasteiger partial charge in [-0.05, 0) is 12.0 Å². The average Bonchev–Trinajstić information content (AvgIpc) is 2.39. The Bertz CT molecular complexity index is 408. The van der Waals surface area contributed by atoms with Crippen LogP contribution in [0.25, 0.3) is 0 Å². The minimum Gasteiger partial charge on any atom is -0.480 e. The standard InChI is InChI=1S/C13H18N2O4/c16-9-7-11(12(17)18)15-13(19)14-8-6-10-4-2-1-3-5-10/h1-5,11,16H,6-9H2,(H,17,18)(H2,14,15,19). The smallest absolute Gasteiger partial charge is 0.326 e. The van der Waals surface area contributed by atoms with E-state index in [1.54, 1.807) is 0 Å². The van der Waals surface area contributed by atoms with Crippen LogP contribution < -0.4 is 10.6 Å². The lowest BCUT2D eigenvalue weighted by molar-refractivity contribution is -0.139. The molecule has 0 radical (unpaired) electrons. The molecule has 0 aliphatic rings. The summed E-state index contributed by atoms with van der Waals surface area (Å²) in [6.07, 6.45) is 0.660. The van der Waals surface area contributed by atoms with Gasteiger partial charge in [-0.2, -0.15) is 0 Å². The first-order chi connectivity index (χ1) is 9.13. The van der Waals surface area contributed by atoms with Crippen LogP contribution >= 0.6 is 0 Å². The van der Waals surface area contributed by atoms with Gasteiger partial charge < -0.3 is 20.8 Å². The lowest BCUT2D eigenvalue weighted by Crippen LogP contribution is -2.46. The lowest BCUT2D eigenvalue weighted by Gasteiger charge is -2.13. The summed E-state index contributed by atoms with van der Waals surface area (Å²) in [6, 6.07) is 8.03. The molecule has 1 aromatic rings. The van der Waals surface area contributed by atoms with E-state index < -0.39 is 18.0 Å². The van der Waals surface area contributed by atoms with Gasteiger partial charge in [0.2, 0.25) is 0 Å². The van der Waals surface area contributed by atoms with Crippen molar-refractivity contribution in [3.8, 4) is 0 Å². The summed E-state index contributed by atoms with van der Waals surface area (Å²) in [5, 5.41) is 22.4. The van der Waals surface area contributed by atoms with Crippen molar-refractivity contribution in [2.24, 2.45) is 0 Å². The van der Waals surface area contributed by atoms with Gasteiger partial charge in [0, 0.05) is 19.6 Å². The zero-order valence-corrected chi connectivity index (χ0v) is 10.5. The van der Waals surface area contributed by atoms with E-state index in [2.05, 4.69) is 10.6 Å². The first-order valence-electron chi connectivity index (χ1n) is 6.05. The number of amides is 2. The Morgan fingerprint density at radius 3 is 2.47 bits per heavy atom. The number of hydrogen-bond donors (Lipinski definition) is 4. The van der Waals surface area contributed by atoms with Crippen LogP contribution in [0.15, 0.2) is 30.3 Å². The van der Waals surface area contributed by atoms with Gasteiger partial charge in [0.05, 0.1) is 0 Å². The Morgan fingerprint density at radius 2 is 1.89 bits per heavy atom. The molecule has 0 aromatic heterocycles. The first-order valence-corrected chi connectivity index (χ1v) is 6.05. The van der Waals surface area contributed by atoms with Gasteiger partial charge in [-0.25, -0.2) is 9.59 Å². The van der Waals surface area contributed by atoms with Gasteiger partial charge in [-0.3, -0.25) is 0 Å². The molecule has 0 heterocycles. The number of carbonyl (C=O) groups is 2. The van der Waals surface area contributed by atoms with Gasteiger partial charge in [-0.1, -0.05) is 30.3 Å². The molecule has 1 atom stereocenters. The topological polar surface area (TPSA) is 98.7 Å². The fourth-order valence-corrected chi connectivity index (χ4v) is 1.56. The van der Waals surface area contributed by atoms with Crippen molar-refractivity contribution in [1.29, 1.82) is 0 Å². The summed E-state index contributed by atoms with van der Waals surface area (Å²) in [4.78, 5) is 22.2.